The second kappa shape index (κ2) is 5.26. The highest BCUT2D eigenvalue weighted by atomic mass is 16.5. The fourth-order valence-corrected chi connectivity index (χ4v) is 2.66. The molecular weight excluding hydrogens is 284 g/mol. The molecule has 0 aliphatic carbocycles. The highest BCUT2D eigenvalue weighted by Crippen LogP contribution is 2.37. The molecule has 0 amide bonds. The van der Waals surface area contributed by atoms with Crippen LogP contribution in [0.1, 0.15) is 5.56 Å². The van der Waals surface area contributed by atoms with Gasteiger partial charge in [-0.2, -0.15) is 0 Å². The van der Waals surface area contributed by atoms with Crippen LogP contribution >= 0.6 is 0 Å². The molecule has 114 valence electrons. The van der Waals surface area contributed by atoms with Gasteiger partial charge in [-0.1, -0.05) is 0 Å². The van der Waals surface area contributed by atoms with E-state index in [-0.39, 0.29) is 0 Å². The Hall–Kier alpha value is -2.69. The maximum absolute atomic E-state index is 12.4. The molecule has 3 aromatic rings. The third-order valence-electron chi connectivity index (χ3n) is 3.64. The number of aryl methyl sites for hydroxylation is 1. The number of rotatable bonds is 3. The maximum Gasteiger partial charge on any atom is 0.347 e. The average molecular weight is 300 g/mol. The largest absolute Gasteiger partial charge is 0.497 e. The SMILES string of the molecule is COc1cc(OC)c2c(=O)oc3cc(C)cc(OC)c3c2c1. The zero-order chi connectivity index (χ0) is 15.9. The van der Waals surface area contributed by atoms with E-state index in [9.17, 15) is 4.79 Å². The van der Waals surface area contributed by atoms with Crippen molar-refractivity contribution in [2.75, 3.05) is 21.3 Å². The molecule has 5 nitrogen and oxygen atoms in total. The minimum Gasteiger partial charge on any atom is -0.497 e. The van der Waals surface area contributed by atoms with E-state index in [1.165, 1.54) is 7.11 Å². The first-order valence-corrected chi connectivity index (χ1v) is 6.76. The summed E-state index contributed by atoms with van der Waals surface area (Å²) in [7, 11) is 4.66. The fourth-order valence-electron chi connectivity index (χ4n) is 2.66. The molecule has 0 saturated heterocycles. The van der Waals surface area contributed by atoms with Crippen molar-refractivity contribution < 1.29 is 18.6 Å². The second-order valence-electron chi connectivity index (χ2n) is 4.98. The summed E-state index contributed by atoms with van der Waals surface area (Å²) in [5.41, 5.74) is 0.973. The van der Waals surface area contributed by atoms with Gasteiger partial charge in [0.25, 0.3) is 0 Å². The Morgan fingerprint density at radius 3 is 2.18 bits per heavy atom. The summed E-state index contributed by atoms with van der Waals surface area (Å²) in [5, 5.41) is 1.78. The minimum absolute atomic E-state index is 0.373. The lowest BCUT2D eigenvalue weighted by atomic mass is 10.0. The van der Waals surface area contributed by atoms with Gasteiger partial charge < -0.3 is 18.6 Å². The Labute approximate surface area is 127 Å². The molecule has 0 atom stereocenters. The average Bonchev–Trinajstić information content (AvgIpc) is 2.52. The van der Waals surface area contributed by atoms with Crippen molar-refractivity contribution in [1.82, 2.24) is 0 Å². The predicted molar refractivity (Wildman–Crippen MR) is 84.4 cm³/mol. The summed E-state index contributed by atoms with van der Waals surface area (Å²) >= 11 is 0. The zero-order valence-electron chi connectivity index (χ0n) is 12.9. The van der Waals surface area contributed by atoms with Crippen molar-refractivity contribution >= 4 is 21.7 Å². The van der Waals surface area contributed by atoms with Gasteiger partial charge in [0.15, 0.2) is 0 Å². The molecule has 0 unspecified atom stereocenters. The number of benzene rings is 2. The van der Waals surface area contributed by atoms with Crippen LogP contribution in [0.4, 0.5) is 0 Å². The summed E-state index contributed by atoms with van der Waals surface area (Å²) in [6.45, 7) is 1.91. The molecule has 22 heavy (non-hydrogen) atoms. The summed E-state index contributed by atoms with van der Waals surface area (Å²) in [4.78, 5) is 12.4. The lowest BCUT2D eigenvalue weighted by Crippen LogP contribution is -2.04. The standard InChI is InChI=1S/C17H16O5/c1-9-5-12(20-3)15-11-7-10(19-2)8-13(21-4)16(11)17(18)22-14(15)6-9/h5-8H,1-4H3. The molecule has 1 heterocycles. The molecule has 0 N–H and O–H groups in total. The maximum atomic E-state index is 12.4. The van der Waals surface area contributed by atoms with E-state index in [0.29, 0.717) is 33.6 Å². The molecule has 0 saturated carbocycles. The Kier molecular flexibility index (Phi) is 3.41. The van der Waals surface area contributed by atoms with Gasteiger partial charge in [-0.25, -0.2) is 4.79 Å². The number of hydrogen-bond donors (Lipinski definition) is 0. The van der Waals surface area contributed by atoms with Crippen LogP contribution in [0.5, 0.6) is 17.2 Å². The quantitative estimate of drug-likeness (QED) is 0.549. The molecule has 0 radical (unpaired) electrons. The van der Waals surface area contributed by atoms with E-state index in [1.807, 2.05) is 19.1 Å². The van der Waals surface area contributed by atoms with E-state index >= 15 is 0 Å². The lowest BCUT2D eigenvalue weighted by molar-refractivity contribution is 0.397. The van der Waals surface area contributed by atoms with Crippen LogP contribution in [-0.4, -0.2) is 21.3 Å². The Morgan fingerprint density at radius 1 is 0.864 bits per heavy atom. The van der Waals surface area contributed by atoms with E-state index in [0.717, 1.165) is 10.9 Å². The molecule has 5 heteroatoms. The summed E-state index contributed by atoms with van der Waals surface area (Å²) in [6, 6.07) is 7.15. The van der Waals surface area contributed by atoms with Crippen molar-refractivity contribution in [3.05, 3.63) is 40.2 Å². The molecule has 0 aliphatic heterocycles. The van der Waals surface area contributed by atoms with Crippen LogP contribution in [0.2, 0.25) is 0 Å². The Balaban J connectivity index is 2.61. The third-order valence-corrected chi connectivity index (χ3v) is 3.64. The van der Waals surface area contributed by atoms with Crippen molar-refractivity contribution in [3.63, 3.8) is 0 Å². The Bertz CT molecular complexity index is 924. The van der Waals surface area contributed by atoms with Crippen LogP contribution in [0.25, 0.3) is 21.7 Å². The molecular formula is C17H16O5. The molecule has 0 bridgehead atoms. The van der Waals surface area contributed by atoms with E-state index in [4.69, 9.17) is 18.6 Å². The van der Waals surface area contributed by atoms with Gasteiger partial charge in [0.05, 0.1) is 26.7 Å². The number of ether oxygens (including phenoxy) is 3. The molecule has 2 aromatic carbocycles. The van der Waals surface area contributed by atoms with Gasteiger partial charge in [0.1, 0.15) is 28.2 Å². The van der Waals surface area contributed by atoms with Gasteiger partial charge in [0.2, 0.25) is 0 Å². The molecule has 3 rings (SSSR count). The van der Waals surface area contributed by atoms with Gasteiger partial charge in [-0.3, -0.25) is 0 Å². The van der Waals surface area contributed by atoms with Gasteiger partial charge in [-0.15, -0.1) is 0 Å². The molecule has 0 spiro atoms. The van der Waals surface area contributed by atoms with Crippen molar-refractivity contribution in [2.24, 2.45) is 0 Å². The minimum atomic E-state index is -0.449. The lowest BCUT2D eigenvalue weighted by Gasteiger charge is -2.12. The highest BCUT2D eigenvalue weighted by Gasteiger charge is 2.17. The summed E-state index contributed by atoms with van der Waals surface area (Å²) in [6.07, 6.45) is 0. The normalized spacial score (nSPS) is 10.9. The van der Waals surface area contributed by atoms with E-state index < -0.39 is 5.63 Å². The van der Waals surface area contributed by atoms with Crippen molar-refractivity contribution in [2.45, 2.75) is 6.92 Å². The van der Waals surface area contributed by atoms with Crippen LogP contribution < -0.4 is 19.8 Å². The topological polar surface area (TPSA) is 57.9 Å². The monoisotopic (exact) mass is 300 g/mol. The van der Waals surface area contributed by atoms with Crippen LogP contribution in [0, 0.1) is 6.92 Å². The van der Waals surface area contributed by atoms with Crippen LogP contribution in [0.15, 0.2) is 33.5 Å². The Morgan fingerprint density at radius 2 is 1.55 bits per heavy atom. The first-order chi connectivity index (χ1) is 10.6. The molecule has 1 aromatic heterocycles. The van der Waals surface area contributed by atoms with Crippen molar-refractivity contribution in [1.29, 1.82) is 0 Å². The van der Waals surface area contributed by atoms with E-state index in [2.05, 4.69) is 0 Å². The van der Waals surface area contributed by atoms with Gasteiger partial charge in [-0.05, 0) is 30.7 Å². The van der Waals surface area contributed by atoms with Crippen LogP contribution in [0.3, 0.4) is 0 Å². The number of methoxy groups -OCH3 is 3. The van der Waals surface area contributed by atoms with Crippen molar-refractivity contribution in [3.8, 4) is 17.2 Å². The zero-order valence-corrected chi connectivity index (χ0v) is 12.9. The third kappa shape index (κ3) is 2.06. The molecule has 0 aliphatic rings. The smallest absolute Gasteiger partial charge is 0.347 e. The summed E-state index contributed by atoms with van der Waals surface area (Å²) < 4.78 is 21.5. The van der Waals surface area contributed by atoms with E-state index in [1.54, 1.807) is 26.4 Å². The van der Waals surface area contributed by atoms with Crippen LogP contribution in [-0.2, 0) is 0 Å². The first-order valence-electron chi connectivity index (χ1n) is 6.76. The fraction of sp³-hybridized carbons (Fsp3) is 0.235. The summed E-state index contributed by atoms with van der Waals surface area (Å²) in [5.74, 6) is 1.64. The number of hydrogen-bond acceptors (Lipinski definition) is 5. The first kappa shape index (κ1) is 14.3. The predicted octanol–water partition coefficient (Wildman–Crippen LogP) is 3.28. The van der Waals surface area contributed by atoms with Gasteiger partial charge in [0, 0.05) is 11.5 Å². The van der Waals surface area contributed by atoms with Gasteiger partial charge >= 0.3 is 5.63 Å². The number of fused-ring (bicyclic) bond motifs is 3. The molecule has 0 fully saturated rings. The highest BCUT2D eigenvalue weighted by molar-refractivity contribution is 6.10. The second-order valence-corrected chi connectivity index (χ2v) is 4.98.